The molecule has 3 aromatic rings. The SMILES string of the molecule is O=C(CNC(=O)c1ccc(NS(=O)(=O)c2cccc([N+](=O)[O-])c2)cc1)Nc1ccccc1. The Balaban J connectivity index is 1.59. The highest BCUT2D eigenvalue weighted by molar-refractivity contribution is 7.92. The summed E-state index contributed by atoms with van der Waals surface area (Å²) in [6.07, 6.45) is 0. The molecule has 0 fully saturated rings. The number of sulfonamides is 1. The number of nitro groups is 1. The van der Waals surface area contributed by atoms with Gasteiger partial charge in [-0.1, -0.05) is 24.3 Å². The molecule has 0 aliphatic heterocycles. The fourth-order valence-electron chi connectivity index (χ4n) is 2.66. The molecule has 0 radical (unpaired) electrons. The lowest BCUT2D eigenvalue weighted by atomic mass is 10.2. The van der Waals surface area contributed by atoms with E-state index in [2.05, 4.69) is 15.4 Å². The number of carbonyl (C=O) groups is 2. The van der Waals surface area contributed by atoms with E-state index in [0.717, 1.165) is 6.07 Å². The van der Waals surface area contributed by atoms with Crippen LogP contribution in [0.15, 0.2) is 83.8 Å². The molecule has 3 rings (SSSR count). The Kier molecular flexibility index (Phi) is 6.80. The summed E-state index contributed by atoms with van der Waals surface area (Å²) >= 11 is 0. The van der Waals surface area contributed by atoms with Crippen LogP contribution in [0.3, 0.4) is 0 Å². The lowest BCUT2D eigenvalue weighted by Crippen LogP contribution is -2.32. The molecule has 32 heavy (non-hydrogen) atoms. The lowest BCUT2D eigenvalue weighted by molar-refractivity contribution is -0.385. The van der Waals surface area contributed by atoms with Crippen LogP contribution in [0.1, 0.15) is 10.4 Å². The van der Waals surface area contributed by atoms with E-state index in [1.54, 1.807) is 24.3 Å². The summed E-state index contributed by atoms with van der Waals surface area (Å²) < 4.78 is 27.2. The molecule has 3 N–H and O–H groups in total. The molecule has 0 unspecified atom stereocenters. The molecule has 3 aromatic carbocycles. The number of nitro benzene ring substituents is 1. The lowest BCUT2D eigenvalue weighted by Gasteiger charge is -2.09. The number of benzene rings is 3. The van der Waals surface area contributed by atoms with Crippen LogP contribution in [0.25, 0.3) is 0 Å². The van der Waals surface area contributed by atoms with Crippen molar-refractivity contribution in [2.45, 2.75) is 4.90 Å². The van der Waals surface area contributed by atoms with Crippen molar-refractivity contribution in [1.29, 1.82) is 0 Å². The number of amides is 2. The molecule has 0 atom stereocenters. The Morgan fingerprint density at radius 3 is 2.22 bits per heavy atom. The zero-order chi connectivity index (χ0) is 23.1. The van der Waals surface area contributed by atoms with Gasteiger partial charge in [-0.15, -0.1) is 0 Å². The number of non-ortho nitro benzene ring substituents is 1. The zero-order valence-electron chi connectivity index (χ0n) is 16.5. The van der Waals surface area contributed by atoms with E-state index < -0.39 is 26.8 Å². The molecular weight excluding hydrogens is 436 g/mol. The van der Waals surface area contributed by atoms with E-state index in [0.29, 0.717) is 5.69 Å². The van der Waals surface area contributed by atoms with Crippen molar-refractivity contribution in [2.75, 3.05) is 16.6 Å². The summed E-state index contributed by atoms with van der Waals surface area (Å²) in [6.45, 7) is -0.241. The molecule has 0 saturated carbocycles. The van der Waals surface area contributed by atoms with Crippen LogP contribution < -0.4 is 15.4 Å². The molecule has 0 aliphatic carbocycles. The van der Waals surface area contributed by atoms with Gasteiger partial charge in [-0.05, 0) is 42.5 Å². The van der Waals surface area contributed by atoms with Gasteiger partial charge in [-0.2, -0.15) is 0 Å². The fourth-order valence-corrected chi connectivity index (χ4v) is 3.76. The maximum absolute atomic E-state index is 12.5. The predicted molar refractivity (Wildman–Crippen MR) is 118 cm³/mol. The largest absolute Gasteiger partial charge is 0.343 e. The first-order valence-corrected chi connectivity index (χ1v) is 10.7. The fraction of sp³-hybridized carbons (Fsp3) is 0.0476. The number of anilines is 2. The predicted octanol–water partition coefficient (Wildman–Crippen LogP) is 2.76. The minimum atomic E-state index is -4.06. The molecule has 0 spiro atoms. The summed E-state index contributed by atoms with van der Waals surface area (Å²) in [5, 5.41) is 16.0. The van der Waals surface area contributed by atoms with Crippen LogP contribution in [0.5, 0.6) is 0 Å². The van der Waals surface area contributed by atoms with Gasteiger partial charge in [0, 0.05) is 29.1 Å². The van der Waals surface area contributed by atoms with Gasteiger partial charge in [0.2, 0.25) is 5.91 Å². The summed E-state index contributed by atoms with van der Waals surface area (Å²) in [4.78, 5) is 34.0. The standard InChI is InChI=1S/C21H18N4O6S/c26-20(23-16-5-2-1-3-6-16)14-22-21(27)15-9-11-17(12-10-15)24-32(30,31)19-8-4-7-18(13-19)25(28)29/h1-13,24H,14H2,(H,22,27)(H,23,26). The maximum atomic E-state index is 12.5. The normalized spacial score (nSPS) is 10.8. The van der Waals surface area contributed by atoms with Gasteiger partial charge in [0.15, 0.2) is 0 Å². The third-order valence-electron chi connectivity index (χ3n) is 4.21. The smallest absolute Gasteiger partial charge is 0.270 e. The van der Waals surface area contributed by atoms with Crippen LogP contribution in [0.4, 0.5) is 17.1 Å². The summed E-state index contributed by atoms with van der Waals surface area (Å²) in [5.74, 6) is -0.910. The van der Waals surface area contributed by atoms with Crippen molar-refractivity contribution in [1.82, 2.24) is 5.32 Å². The molecule has 0 bridgehead atoms. The summed E-state index contributed by atoms with van der Waals surface area (Å²) in [6, 6.07) is 18.9. The van der Waals surface area contributed by atoms with Crippen molar-refractivity contribution in [2.24, 2.45) is 0 Å². The number of hydrogen-bond acceptors (Lipinski definition) is 6. The average molecular weight is 454 g/mol. The van der Waals surface area contributed by atoms with Gasteiger partial charge < -0.3 is 10.6 Å². The van der Waals surface area contributed by atoms with Crippen LogP contribution in [0, 0.1) is 10.1 Å². The van der Waals surface area contributed by atoms with E-state index in [9.17, 15) is 28.1 Å². The molecule has 2 amide bonds. The van der Waals surface area contributed by atoms with Crippen LogP contribution in [-0.2, 0) is 14.8 Å². The molecule has 11 heteroatoms. The topological polar surface area (TPSA) is 148 Å². The van der Waals surface area contributed by atoms with E-state index in [1.807, 2.05) is 6.07 Å². The molecule has 0 heterocycles. The highest BCUT2D eigenvalue weighted by Gasteiger charge is 2.18. The van der Waals surface area contributed by atoms with Crippen LogP contribution in [-0.4, -0.2) is 31.7 Å². The minimum Gasteiger partial charge on any atom is -0.343 e. The Morgan fingerprint density at radius 1 is 0.875 bits per heavy atom. The molecule has 0 saturated heterocycles. The molecule has 0 aliphatic rings. The van der Waals surface area contributed by atoms with Crippen LogP contribution >= 0.6 is 0 Å². The second kappa shape index (κ2) is 9.71. The number of carbonyl (C=O) groups excluding carboxylic acids is 2. The first-order valence-electron chi connectivity index (χ1n) is 9.25. The Bertz CT molecular complexity index is 1240. The highest BCUT2D eigenvalue weighted by Crippen LogP contribution is 2.20. The number of nitrogens with one attached hydrogen (secondary N) is 3. The molecule has 10 nitrogen and oxygen atoms in total. The number of rotatable bonds is 8. The minimum absolute atomic E-state index is 0.162. The van der Waals surface area contributed by atoms with Gasteiger partial charge in [0.1, 0.15) is 0 Å². The summed E-state index contributed by atoms with van der Waals surface area (Å²) in [5.41, 5.74) is 0.633. The first-order chi connectivity index (χ1) is 15.2. The average Bonchev–Trinajstić information content (AvgIpc) is 2.78. The highest BCUT2D eigenvalue weighted by atomic mass is 32.2. The van der Waals surface area contributed by atoms with Crippen molar-refractivity contribution in [3.63, 3.8) is 0 Å². The first kappa shape index (κ1) is 22.4. The van der Waals surface area contributed by atoms with Gasteiger partial charge in [0.25, 0.3) is 21.6 Å². The van der Waals surface area contributed by atoms with Crippen molar-refractivity contribution in [3.8, 4) is 0 Å². The van der Waals surface area contributed by atoms with E-state index in [4.69, 9.17) is 0 Å². The van der Waals surface area contributed by atoms with E-state index in [-0.39, 0.29) is 28.4 Å². The van der Waals surface area contributed by atoms with Crippen molar-refractivity contribution in [3.05, 3.63) is 94.5 Å². The third kappa shape index (κ3) is 5.89. The summed E-state index contributed by atoms with van der Waals surface area (Å²) in [7, 11) is -4.06. The van der Waals surface area contributed by atoms with E-state index in [1.165, 1.54) is 42.5 Å². The van der Waals surface area contributed by atoms with Gasteiger partial charge in [0.05, 0.1) is 16.4 Å². The molecular formula is C21H18N4O6S. The Hall–Kier alpha value is -4.25. The third-order valence-corrected chi connectivity index (χ3v) is 5.58. The van der Waals surface area contributed by atoms with Crippen molar-refractivity contribution >= 4 is 38.9 Å². The van der Waals surface area contributed by atoms with Crippen LogP contribution in [0.2, 0.25) is 0 Å². The Labute approximate surface area is 183 Å². The van der Waals surface area contributed by atoms with E-state index >= 15 is 0 Å². The second-order valence-electron chi connectivity index (χ2n) is 6.53. The van der Waals surface area contributed by atoms with Gasteiger partial charge in [-0.3, -0.25) is 24.4 Å². The number of hydrogen-bond donors (Lipinski definition) is 3. The molecule has 164 valence electrons. The number of para-hydroxylation sites is 1. The van der Waals surface area contributed by atoms with Crippen molar-refractivity contribution < 1.29 is 22.9 Å². The van der Waals surface area contributed by atoms with Gasteiger partial charge in [-0.25, -0.2) is 8.42 Å². The maximum Gasteiger partial charge on any atom is 0.270 e. The Morgan fingerprint density at radius 2 is 1.56 bits per heavy atom. The quantitative estimate of drug-likeness (QED) is 0.352. The zero-order valence-corrected chi connectivity index (χ0v) is 17.3. The molecule has 0 aromatic heterocycles. The second-order valence-corrected chi connectivity index (χ2v) is 8.22. The monoisotopic (exact) mass is 454 g/mol. The number of nitrogens with zero attached hydrogens (tertiary/aromatic N) is 1. The van der Waals surface area contributed by atoms with Gasteiger partial charge >= 0.3 is 0 Å².